The van der Waals surface area contributed by atoms with Crippen molar-refractivity contribution >= 4 is 44.9 Å². The van der Waals surface area contributed by atoms with E-state index in [0.29, 0.717) is 0 Å². The molecule has 14 heavy (non-hydrogen) atoms. The fourth-order valence-corrected chi connectivity index (χ4v) is 2.20. The van der Waals surface area contributed by atoms with Crippen LogP contribution in [0.4, 0.5) is 8.78 Å². The van der Waals surface area contributed by atoms with Gasteiger partial charge >= 0.3 is 0 Å². The maximum absolute atomic E-state index is 12.3. The van der Waals surface area contributed by atoms with Crippen LogP contribution in [0.5, 0.6) is 0 Å². The van der Waals surface area contributed by atoms with Crippen molar-refractivity contribution < 1.29 is 8.78 Å². The standard InChI is InChI=1S/C6HCl2F2N3S/c7-2-1-4(13-6(8)12-2)14-5(11-1)3(9)10/h3H. The first-order valence-electron chi connectivity index (χ1n) is 3.35. The molecule has 3 nitrogen and oxygen atoms in total. The van der Waals surface area contributed by atoms with E-state index in [-0.39, 0.29) is 25.8 Å². The first-order chi connectivity index (χ1) is 6.58. The van der Waals surface area contributed by atoms with Crippen LogP contribution in [-0.2, 0) is 0 Å². The fraction of sp³-hybridized carbons (Fsp3) is 0.167. The summed E-state index contributed by atoms with van der Waals surface area (Å²) >= 11 is 11.9. The van der Waals surface area contributed by atoms with Crippen LogP contribution in [0.2, 0.25) is 10.4 Å². The summed E-state index contributed by atoms with van der Waals surface area (Å²) < 4.78 is 24.5. The molecule has 0 aliphatic rings. The average molecular weight is 256 g/mol. The fourth-order valence-electron chi connectivity index (χ4n) is 0.874. The summed E-state index contributed by atoms with van der Waals surface area (Å²) in [5.41, 5.74) is 0.163. The Hall–Kier alpha value is -0.590. The first-order valence-corrected chi connectivity index (χ1v) is 4.93. The molecule has 2 aromatic heterocycles. The maximum atomic E-state index is 12.3. The molecule has 0 unspecified atom stereocenters. The Kier molecular flexibility index (Phi) is 2.50. The minimum Gasteiger partial charge on any atom is -0.230 e. The van der Waals surface area contributed by atoms with E-state index < -0.39 is 6.43 Å². The Balaban J connectivity index is 2.70. The van der Waals surface area contributed by atoms with Crippen LogP contribution in [0.1, 0.15) is 11.4 Å². The molecule has 0 aliphatic carbocycles. The highest BCUT2D eigenvalue weighted by atomic mass is 35.5. The summed E-state index contributed by atoms with van der Waals surface area (Å²) in [4.78, 5) is 11.2. The zero-order valence-corrected chi connectivity index (χ0v) is 8.67. The highest BCUT2D eigenvalue weighted by molar-refractivity contribution is 7.18. The van der Waals surface area contributed by atoms with Gasteiger partial charge in [-0.05, 0) is 11.6 Å². The molecular formula is C6HCl2F2N3S. The van der Waals surface area contributed by atoms with Crippen molar-refractivity contribution in [2.24, 2.45) is 0 Å². The smallest absolute Gasteiger partial charge is 0.230 e. The molecular weight excluding hydrogens is 255 g/mol. The minimum atomic E-state index is -2.64. The lowest BCUT2D eigenvalue weighted by atomic mass is 10.6. The van der Waals surface area contributed by atoms with Crippen LogP contribution >= 0.6 is 34.5 Å². The highest BCUT2D eigenvalue weighted by Gasteiger charge is 2.17. The Morgan fingerprint density at radius 2 is 1.86 bits per heavy atom. The monoisotopic (exact) mass is 255 g/mol. The zero-order valence-electron chi connectivity index (χ0n) is 6.34. The summed E-state index contributed by atoms with van der Waals surface area (Å²) in [6.45, 7) is 0. The molecule has 0 fully saturated rings. The average Bonchev–Trinajstić information content (AvgIpc) is 2.47. The van der Waals surface area contributed by atoms with E-state index in [1.165, 1.54) is 0 Å². The highest BCUT2D eigenvalue weighted by Crippen LogP contribution is 2.31. The lowest BCUT2D eigenvalue weighted by molar-refractivity contribution is 0.151. The maximum Gasteiger partial charge on any atom is 0.289 e. The molecule has 0 N–H and O–H groups in total. The van der Waals surface area contributed by atoms with Crippen molar-refractivity contribution in [2.75, 3.05) is 0 Å². The molecule has 74 valence electrons. The molecule has 8 heteroatoms. The summed E-state index contributed by atoms with van der Waals surface area (Å²) in [6, 6.07) is 0. The molecule has 2 heterocycles. The molecule has 0 aliphatic heterocycles. The van der Waals surface area contributed by atoms with Crippen molar-refractivity contribution in [1.29, 1.82) is 0 Å². The number of fused-ring (bicyclic) bond motifs is 1. The van der Waals surface area contributed by atoms with Crippen molar-refractivity contribution in [2.45, 2.75) is 6.43 Å². The predicted molar refractivity (Wildman–Crippen MR) is 50.2 cm³/mol. The van der Waals surface area contributed by atoms with Gasteiger partial charge < -0.3 is 0 Å². The van der Waals surface area contributed by atoms with E-state index in [0.717, 1.165) is 11.3 Å². The molecule has 2 aromatic rings. The van der Waals surface area contributed by atoms with Gasteiger partial charge in [-0.15, -0.1) is 0 Å². The third-order valence-electron chi connectivity index (χ3n) is 1.39. The molecule has 0 spiro atoms. The number of halogens is 4. The van der Waals surface area contributed by atoms with E-state index in [4.69, 9.17) is 23.2 Å². The van der Waals surface area contributed by atoms with Gasteiger partial charge in [0.25, 0.3) is 6.43 Å². The summed E-state index contributed by atoms with van der Waals surface area (Å²) in [5.74, 6) is 0. The quantitative estimate of drug-likeness (QED) is 0.580. The van der Waals surface area contributed by atoms with Gasteiger partial charge in [0, 0.05) is 0 Å². The number of hydrogen-bond acceptors (Lipinski definition) is 4. The van der Waals surface area contributed by atoms with Crippen molar-refractivity contribution in [1.82, 2.24) is 15.0 Å². The van der Waals surface area contributed by atoms with E-state index in [2.05, 4.69) is 15.0 Å². The third kappa shape index (κ3) is 1.65. The molecule has 0 radical (unpaired) electrons. The summed E-state index contributed by atoms with van der Waals surface area (Å²) in [6.07, 6.45) is -2.64. The molecule has 0 saturated heterocycles. The Morgan fingerprint density at radius 3 is 2.50 bits per heavy atom. The number of nitrogens with zero attached hydrogens (tertiary/aromatic N) is 3. The Labute approximate surface area is 90.7 Å². The minimum absolute atomic E-state index is 0.0110. The van der Waals surface area contributed by atoms with Crippen LogP contribution in [0.25, 0.3) is 10.3 Å². The molecule has 0 saturated carbocycles. The topological polar surface area (TPSA) is 38.7 Å². The van der Waals surface area contributed by atoms with Crippen LogP contribution in [0.3, 0.4) is 0 Å². The van der Waals surface area contributed by atoms with E-state index in [1.807, 2.05) is 0 Å². The van der Waals surface area contributed by atoms with E-state index in [9.17, 15) is 8.78 Å². The molecule has 0 bridgehead atoms. The Morgan fingerprint density at radius 1 is 1.14 bits per heavy atom. The third-order valence-corrected chi connectivity index (χ3v) is 2.78. The number of aromatic nitrogens is 3. The van der Waals surface area contributed by atoms with Crippen LogP contribution < -0.4 is 0 Å². The first kappa shape index (κ1) is 9.95. The van der Waals surface area contributed by atoms with Gasteiger partial charge in [0.1, 0.15) is 10.3 Å². The van der Waals surface area contributed by atoms with Gasteiger partial charge in [-0.25, -0.2) is 23.7 Å². The normalized spacial score (nSPS) is 11.5. The predicted octanol–water partition coefficient (Wildman–Crippen LogP) is 3.33. The van der Waals surface area contributed by atoms with Gasteiger partial charge in [0.15, 0.2) is 10.2 Å². The number of thiazole rings is 1. The van der Waals surface area contributed by atoms with Gasteiger partial charge in [-0.1, -0.05) is 22.9 Å². The van der Waals surface area contributed by atoms with E-state index >= 15 is 0 Å². The van der Waals surface area contributed by atoms with Crippen molar-refractivity contribution in [3.8, 4) is 0 Å². The number of rotatable bonds is 1. The second-order valence-electron chi connectivity index (χ2n) is 2.29. The largest absolute Gasteiger partial charge is 0.289 e. The van der Waals surface area contributed by atoms with Gasteiger partial charge in [-0.2, -0.15) is 0 Å². The molecule has 2 rings (SSSR count). The van der Waals surface area contributed by atoms with Crippen LogP contribution in [-0.4, -0.2) is 15.0 Å². The van der Waals surface area contributed by atoms with E-state index in [1.54, 1.807) is 0 Å². The SMILES string of the molecule is FC(F)c1nc2c(Cl)nc(Cl)nc2s1. The number of hydrogen-bond donors (Lipinski definition) is 0. The lowest BCUT2D eigenvalue weighted by Gasteiger charge is -1.90. The number of alkyl halides is 2. The Bertz CT molecular complexity index is 487. The summed E-state index contributed by atoms with van der Waals surface area (Å²) in [7, 11) is 0. The second kappa shape index (κ2) is 3.52. The lowest BCUT2D eigenvalue weighted by Crippen LogP contribution is -1.84. The second-order valence-corrected chi connectivity index (χ2v) is 4.00. The van der Waals surface area contributed by atoms with Gasteiger partial charge in [0.2, 0.25) is 5.28 Å². The molecule has 0 aromatic carbocycles. The van der Waals surface area contributed by atoms with Crippen molar-refractivity contribution in [3.63, 3.8) is 0 Å². The van der Waals surface area contributed by atoms with Gasteiger partial charge in [0.05, 0.1) is 0 Å². The van der Waals surface area contributed by atoms with Crippen molar-refractivity contribution in [3.05, 3.63) is 15.4 Å². The zero-order chi connectivity index (χ0) is 10.3. The van der Waals surface area contributed by atoms with Crippen LogP contribution in [0, 0.1) is 0 Å². The van der Waals surface area contributed by atoms with Gasteiger partial charge in [-0.3, -0.25) is 0 Å². The van der Waals surface area contributed by atoms with Crippen LogP contribution in [0.15, 0.2) is 0 Å². The molecule has 0 atom stereocenters. The molecule has 0 amide bonds. The summed E-state index contributed by atoms with van der Waals surface area (Å²) in [5, 5.41) is -0.423.